The van der Waals surface area contributed by atoms with E-state index in [1.807, 2.05) is 0 Å². The molecule has 2 atom stereocenters. The van der Waals surface area contributed by atoms with Gasteiger partial charge in [0.05, 0.1) is 25.7 Å². The van der Waals surface area contributed by atoms with Crippen LogP contribution in [0.3, 0.4) is 0 Å². The lowest BCUT2D eigenvalue weighted by atomic mass is 10.3. The second-order valence-corrected chi connectivity index (χ2v) is 6.97. The molecule has 1 aliphatic rings. The Morgan fingerprint density at radius 1 is 0.867 bits per heavy atom. The van der Waals surface area contributed by atoms with Crippen LogP contribution in [-0.2, 0) is 43.4 Å². The molecule has 1 saturated heterocycles. The van der Waals surface area contributed by atoms with Crippen LogP contribution in [0.4, 0.5) is 0 Å². The molecule has 0 radical (unpaired) electrons. The molecule has 1 aromatic heterocycles. The van der Waals surface area contributed by atoms with Crippen molar-refractivity contribution in [2.24, 2.45) is 0 Å². The van der Waals surface area contributed by atoms with E-state index >= 15 is 0 Å². The summed E-state index contributed by atoms with van der Waals surface area (Å²) in [6.07, 6.45) is -0.435. The predicted molar refractivity (Wildman–Crippen MR) is 105 cm³/mol. The number of ether oxygens (including phenoxy) is 3. The van der Waals surface area contributed by atoms with Gasteiger partial charge in [-0.3, -0.25) is 0 Å². The number of carbonyl (C=O) groups is 2. The van der Waals surface area contributed by atoms with Crippen molar-refractivity contribution in [3.8, 4) is 0 Å². The summed E-state index contributed by atoms with van der Waals surface area (Å²) in [6, 6.07) is 0. The maximum absolute atomic E-state index is 12.7. The minimum absolute atomic E-state index is 0.0315. The van der Waals surface area contributed by atoms with Crippen LogP contribution in [0.25, 0.3) is 0 Å². The van der Waals surface area contributed by atoms with E-state index in [1.54, 1.807) is 6.92 Å². The van der Waals surface area contributed by atoms with Gasteiger partial charge >= 0.3 is 29.0 Å². The average Bonchev–Trinajstić information content (AvgIpc) is 3.38. The molecule has 0 aromatic carbocycles. The zero-order chi connectivity index (χ0) is 22.6. The molecule has 1 fully saturated rings. The van der Waals surface area contributed by atoms with Crippen LogP contribution in [-0.4, -0.2) is 51.1 Å². The van der Waals surface area contributed by atoms with Crippen LogP contribution in [0.5, 0.6) is 0 Å². The predicted octanol–water partition coefficient (Wildman–Crippen LogP) is -0.802. The lowest BCUT2D eigenvalue weighted by Crippen LogP contribution is -2.55. The molecule has 0 bridgehead atoms. The van der Waals surface area contributed by atoms with E-state index in [-0.39, 0.29) is 56.2 Å². The standard InChI is InChI=1S/C19H25N3O8/c1-11(2)15(23)28-8-6-20-17(25)21(7-9-29-16(24)12(3)4)19(27)22(18(20)26)10-14-13(5)30-14/h13-14H,1,3,6-10H2,2,4-5H3. The van der Waals surface area contributed by atoms with Gasteiger partial charge in [-0.05, 0) is 20.8 Å². The Balaban J connectivity index is 2.32. The summed E-state index contributed by atoms with van der Waals surface area (Å²) in [5, 5.41) is 0. The maximum Gasteiger partial charge on any atom is 0.336 e. The van der Waals surface area contributed by atoms with E-state index in [4.69, 9.17) is 14.2 Å². The van der Waals surface area contributed by atoms with Crippen molar-refractivity contribution in [1.82, 2.24) is 13.7 Å². The lowest BCUT2D eigenvalue weighted by molar-refractivity contribution is -0.140. The van der Waals surface area contributed by atoms with E-state index in [2.05, 4.69) is 13.2 Å². The van der Waals surface area contributed by atoms with E-state index in [9.17, 15) is 24.0 Å². The molecular formula is C19H25N3O8. The molecule has 0 aliphatic carbocycles. The van der Waals surface area contributed by atoms with Gasteiger partial charge in [0.25, 0.3) is 0 Å². The first-order valence-electron chi connectivity index (χ1n) is 9.29. The molecule has 0 N–H and O–H groups in total. The normalized spacial score (nSPS) is 17.3. The number of carbonyl (C=O) groups excluding carboxylic acids is 2. The number of hydrogen-bond donors (Lipinski definition) is 0. The molecular weight excluding hydrogens is 398 g/mol. The number of rotatable bonds is 10. The third-order valence-corrected chi connectivity index (χ3v) is 4.38. The third-order valence-electron chi connectivity index (χ3n) is 4.38. The van der Waals surface area contributed by atoms with Gasteiger partial charge in [-0.1, -0.05) is 13.2 Å². The van der Waals surface area contributed by atoms with Gasteiger partial charge in [-0.25, -0.2) is 37.7 Å². The van der Waals surface area contributed by atoms with Gasteiger partial charge < -0.3 is 14.2 Å². The van der Waals surface area contributed by atoms with Crippen molar-refractivity contribution in [1.29, 1.82) is 0 Å². The zero-order valence-corrected chi connectivity index (χ0v) is 17.2. The molecule has 11 heteroatoms. The van der Waals surface area contributed by atoms with Crippen molar-refractivity contribution in [3.63, 3.8) is 0 Å². The minimum atomic E-state index is -0.899. The SMILES string of the molecule is C=C(C)C(=O)OCCn1c(=O)n(CCOC(=O)C(=C)C)c(=O)n(CC2OC2C)c1=O. The van der Waals surface area contributed by atoms with E-state index in [0.717, 1.165) is 13.7 Å². The topological polar surface area (TPSA) is 131 Å². The van der Waals surface area contributed by atoms with Crippen LogP contribution < -0.4 is 17.1 Å². The fourth-order valence-electron chi connectivity index (χ4n) is 2.53. The van der Waals surface area contributed by atoms with Gasteiger partial charge in [-0.2, -0.15) is 0 Å². The summed E-state index contributed by atoms with van der Waals surface area (Å²) in [6.45, 7) is 10.5. The lowest BCUT2D eigenvalue weighted by Gasteiger charge is -2.14. The molecule has 2 unspecified atom stereocenters. The van der Waals surface area contributed by atoms with Crippen LogP contribution in [0.15, 0.2) is 38.7 Å². The van der Waals surface area contributed by atoms with Crippen molar-refractivity contribution in [2.75, 3.05) is 13.2 Å². The van der Waals surface area contributed by atoms with Gasteiger partial charge in [0.1, 0.15) is 19.3 Å². The Bertz CT molecular complexity index is 975. The quantitative estimate of drug-likeness (QED) is 0.271. The van der Waals surface area contributed by atoms with E-state index < -0.39 is 29.0 Å². The van der Waals surface area contributed by atoms with Gasteiger partial charge in [0, 0.05) is 11.1 Å². The molecule has 11 nitrogen and oxygen atoms in total. The Kier molecular flexibility index (Phi) is 7.33. The molecule has 1 aromatic rings. The smallest absolute Gasteiger partial charge is 0.336 e. The summed E-state index contributed by atoms with van der Waals surface area (Å²) in [5.41, 5.74) is -2.24. The molecule has 2 heterocycles. The highest BCUT2D eigenvalue weighted by Crippen LogP contribution is 2.21. The van der Waals surface area contributed by atoms with Crippen molar-refractivity contribution in [3.05, 3.63) is 55.8 Å². The molecule has 0 spiro atoms. The van der Waals surface area contributed by atoms with Crippen molar-refractivity contribution in [2.45, 2.75) is 52.6 Å². The second-order valence-electron chi connectivity index (χ2n) is 6.97. The Hall–Kier alpha value is -3.21. The number of epoxide rings is 1. The van der Waals surface area contributed by atoms with Crippen LogP contribution in [0.1, 0.15) is 20.8 Å². The first-order chi connectivity index (χ1) is 14.0. The van der Waals surface area contributed by atoms with Gasteiger partial charge in [0.2, 0.25) is 0 Å². The first kappa shape index (κ1) is 23.1. The van der Waals surface area contributed by atoms with E-state index in [0.29, 0.717) is 0 Å². The van der Waals surface area contributed by atoms with Gasteiger partial charge in [0.15, 0.2) is 0 Å². The van der Waals surface area contributed by atoms with Crippen molar-refractivity contribution < 1.29 is 23.8 Å². The van der Waals surface area contributed by atoms with Crippen LogP contribution >= 0.6 is 0 Å². The molecule has 164 valence electrons. The molecule has 2 rings (SSSR count). The Labute approximate surface area is 171 Å². The number of hydrogen-bond acceptors (Lipinski definition) is 8. The molecule has 0 saturated carbocycles. The summed E-state index contributed by atoms with van der Waals surface area (Å²) in [5.74, 6) is -1.33. The maximum atomic E-state index is 12.7. The molecule has 30 heavy (non-hydrogen) atoms. The summed E-state index contributed by atoms with van der Waals surface area (Å²) in [7, 11) is 0. The highest BCUT2D eigenvalue weighted by Gasteiger charge is 2.35. The van der Waals surface area contributed by atoms with Crippen LogP contribution in [0.2, 0.25) is 0 Å². The number of aromatic nitrogens is 3. The summed E-state index contributed by atoms with van der Waals surface area (Å²) < 4.78 is 17.6. The first-order valence-corrected chi connectivity index (χ1v) is 9.29. The minimum Gasteiger partial charge on any atom is -0.460 e. The Morgan fingerprint density at radius 3 is 1.57 bits per heavy atom. The van der Waals surface area contributed by atoms with Gasteiger partial charge in [-0.15, -0.1) is 0 Å². The highest BCUT2D eigenvalue weighted by atomic mass is 16.6. The zero-order valence-electron chi connectivity index (χ0n) is 17.2. The fourth-order valence-corrected chi connectivity index (χ4v) is 2.53. The molecule has 0 amide bonds. The number of esters is 2. The molecule has 1 aliphatic heterocycles. The number of nitrogens with zero attached hydrogens (tertiary/aromatic N) is 3. The second kappa shape index (κ2) is 9.53. The summed E-state index contributed by atoms with van der Waals surface area (Å²) in [4.78, 5) is 61.2. The average molecular weight is 423 g/mol. The summed E-state index contributed by atoms with van der Waals surface area (Å²) >= 11 is 0. The van der Waals surface area contributed by atoms with E-state index in [1.165, 1.54) is 13.8 Å². The van der Waals surface area contributed by atoms with Crippen LogP contribution in [0, 0.1) is 0 Å². The fraction of sp³-hybridized carbons (Fsp3) is 0.526. The highest BCUT2D eigenvalue weighted by molar-refractivity contribution is 5.87. The monoisotopic (exact) mass is 423 g/mol. The van der Waals surface area contributed by atoms with Crippen molar-refractivity contribution >= 4 is 11.9 Å². The largest absolute Gasteiger partial charge is 0.460 e. The Morgan fingerprint density at radius 2 is 1.23 bits per heavy atom. The third kappa shape index (κ3) is 5.44.